The lowest BCUT2D eigenvalue weighted by molar-refractivity contribution is 0.471. The third-order valence-electron chi connectivity index (χ3n) is 2.22. The molecule has 0 saturated heterocycles. The molecule has 0 amide bonds. The van der Waals surface area contributed by atoms with Crippen molar-refractivity contribution in [1.29, 1.82) is 5.26 Å². The van der Waals surface area contributed by atoms with E-state index >= 15 is 0 Å². The molecule has 0 radical (unpaired) electrons. The molecule has 0 heterocycles. The number of hydrogen-bond acceptors (Lipinski definition) is 2. The third kappa shape index (κ3) is 1.40. The highest BCUT2D eigenvalue weighted by Crippen LogP contribution is 2.24. The molecule has 0 bridgehead atoms. The summed E-state index contributed by atoms with van der Waals surface area (Å²) >= 11 is 0. The fourth-order valence-electron chi connectivity index (χ4n) is 1.50. The molecule has 0 aliphatic carbocycles. The van der Waals surface area contributed by atoms with Gasteiger partial charge in [0.1, 0.15) is 5.75 Å². The van der Waals surface area contributed by atoms with Crippen LogP contribution >= 0.6 is 0 Å². The summed E-state index contributed by atoms with van der Waals surface area (Å²) in [5.41, 5.74) is 0.686. The summed E-state index contributed by atoms with van der Waals surface area (Å²) in [6.45, 7) is 0. The van der Waals surface area contributed by atoms with Crippen LogP contribution in [-0.4, -0.2) is 5.11 Å². The van der Waals surface area contributed by atoms with E-state index in [0.29, 0.717) is 5.56 Å². The molecule has 0 saturated carbocycles. The molecular formula is C12H9NO. The standard InChI is InChI=1S/C12H9NO/c13-6-5-11-7-9-3-1-2-4-10(9)8-12(11)14/h1-4,7-8,14H,5H2. The monoisotopic (exact) mass is 183 g/mol. The summed E-state index contributed by atoms with van der Waals surface area (Å²) in [5.74, 6) is 0.199. The van der Waals surface area contributed by atoms with Crippen molar-refractivity contribution in [3.8, 4) is 11.8 Å². The summed E-state index contributed by atoms with van der Waals surface area (Å²) in [4.78, 5) is 0. The molecular weight excluding hydrogens is 174 g/mol. The van der Waals surface area contributed by atoms with E-state index in [9.17, 15) is 5.11 Å². The van der Waals surface area contributed by atoms with Crippen molar-refractivity contribution < 1.29 is 5.11 Å². The first-order valence-corrected chi connectivity index (χ1v) is 4.39. The number of benzene rings is 2. The van der Waals surface area contributed by atoms with Gasteiger partial charge in [0, 0.05) is 5.56 Å². The van der Waals surface area contributed by atoms with E-state index in [4.69, 9.17) is 5.26 Å². The Balaban J connectivity index is 2.66. The number of hydrogen-bond donors (Lipinski definition) is 1. The summed E-state index contributed by atoms with van der Waals surface area (Å²) in [6, 6.07) is 13.3. The maximum Gasteiger partial charge on any atom is 0.120 e. The van der Waals surface area contributed by atoms with Crippen molar-refractivity contribution in [3.05, 3.63) is 42.0 Å². The lowest BCUT2D eigenvalue weighted by Gasteiger charge is -2.03. The average Bonchev–Trinajstić information content (AvgIpc) is 2.19. The van der Waals surface area contributed by atoms with E-state index in [1.807, 2.05) is 36.4 Å². The van der Waals surface area contributed by atoms with E-state index < -0.39 is 0 Å². The van der Waals surface area contributed by atoms with Crippen molar-refractivity contribution in [2.75, 3.05) is 0 Å². The van der Waals surface area contributed by atoms with Crippen molar-refractivity contribution >= 4 is 10.8 Å². The highest BCUT2D eigenvalue weighted by Gasteiger charge is 2.02. The van der Waals surface area contributed by atoms with Crippen LogP contribution in [0.1, 0.15) is 5.56 Å². The van der Waals surface area contributed by atoms with Crippen LogP contribution in [0, 0.1) is 11.3 Å². The molecule has 0 fully saturated rings. The van der Waals surface area contributed by atoms with Gasteiger partial charge in [0.15, 0.2) is 0 Å². The van der Waals surface area contributed by atoms with Crippen LogP contribution in [0.2, 0.25) is 0 Å². The fraction of sp³-hybridized carbons (Fsp3) is 0.0833. The van der Waals surface area contributed by atoms with Gasteiger partial charge >= 0.3 is 0 Å². The second-order valence-corrected chi connectivity index (χ2v) is 3.16. The molecule has 2 aromatic rings. The topological polar surface area (TPSA) is 44.0 Å². The van der Waals surface area contributed by atoms with Gasteiger partial charge in [-0.3, -0.25) is 0 Å². The van der Waals surface area contributed by atoms with Crippen molar-refractivity contribution in [2.24, 2.45) is 0 Å². The minimum absolute atomic E-state index is 0.199. The lowest BCUT2D eigenvalue weighted by Crippen LogP contribution is -1.83. The normalized spacial score (nSPS) is 9.93. The van der Waals surface area contributed by atoms with E-state index in [1.54, 1.807) is 6.07 Å². The van der Waals surface area contributed by atoms with Crippen molar-refractivity contribution in [3.63, 3.8) is 0 Å². The van der Waals surface area contributed by atoms with E-state index in [1.165, 1.54) is 0 Å². The number of phenols is 1. The molecule has 2 rings (SSSR count). The number of rotatable bonds is 1. The molecule has 2 nitrogen and oxygen atoms in total. The molecule has 0 atom stereocenters. The van der Waals surface area contributed by atoms with Gasteiger partial charge in [-0.25, -0.2) is 0 Å². The predicted molar refractivity (Wildman–Crippen MR) is 54.9 cm³/mol. The minimum atomic E-state index is 0.199. The molecule has 0 spiro atoms. The third-order valence-corrected chi connectivity index (χ3v) is 2.22. The summed E-state index contributed by atoms with van der Waals surface area (Å²) in [6.07, 6.45) is 0.247. The first kappa shape index (κ1) is 8.58. The van der Waals surface area contributed by atoms with Crippen LogP contribution in [0.15, 0.2) is 36.4 Å². The Labute approximate surface area is 82.0 Å². The Morgan fingerprint density at radius 3 is 2.43 bits per heavy atom. The van der Waals surface area contributed by atoms with E-state index in [2.05, 4.69) is 0 Å². The van der Waals surface area contributed by atoms with Crippen LogP contribution < -0.4 is 0 Å². The minimum Gasteiger partial charge on any atom is -0.508 e. The Morgan fingerprint density at radius 1 is 1.14 bits per heavy atom. The molecule has 2 heteroatoms. The van der Waals surface area contributed by atoms with E-state index in [0.717, 1.165) is 10.8 Å². The summed E-state index contributed by atoms with van der Waals surface area (Å²) in [7, 11) is 0. The highest BCUT2D eigenvalue weighted by atomic mass is 16.3. The van der Waals surface area contributed by atoms with Crippen molar-refractivity contribution in [2.45, 2.75) is 6.42 Å². The van der Waals surface area contributed by atoms with Gasteiger partial charge < -0.3 is 5.11 Å². The van der Waals surface area contributed by atoms with Gasteiger partial charge in [-0.15, -0.1) is 0 Å². The van der Waals surface area contributed by atoms with Crippen LogP contribution in [0.4, 0.5) is 0 Å². The molecule has 0 aromatic heterocycles. The van der Waals surface area contributed by atoms with Crippen LogP contribution in [0.3, 0.4) is 0 Å². The van der Waals surface area contributed by atoms with Gasteiger partial charge in [0.05, 0.1) is 12.5 Å². The molecule has 68 valence electrons. The van der Waals surface area contributed by atoms with Gasteiger partial charge in [0.25, 0.3) is 0 Å². The molecule has 0 unspecified atom stereocenters. The number of nitriles is 1. The zero-order chi connectivity index (χ0) is 9.97. The number of phenolic OH excluding ortho intramolecular Hbond substituents is 1. The van der Waals surface area contributed by atoms with Crippen LogP contribution in [0.25, 0.3) is 10.8 Å². The van der Waals surface area contributed by atoms with Gasteiger partial charge in [-0.05, 0) is 22.9 Å². The second-order valence-electron chi connectivity index (χ2n) is 3.16. The summed E-state index contributed by atoms with van der Waals surface area (Å²) in [5, 5.41) is 20.2. The Kier molecular flexibility index (Phi) is 2.08. The fourth-order valence-corrected chi connectivity index (χ4v) is 1.50. The average molecular weight is 183 g/mol. The second kappa shape index (κ2) is 3.39. The van der Waals surface area contributed by atoms with Crippen LogP contribution in [0.5, 0.6) is 5.75 Å². The Hall–Kier alpha value is -2.01. The van der Waals surface area contributed by atoms with E-state index in [-0.39, 0.29) is 12.2 Å². The lowest BCUT2D eigenvalue weighted by atomic mass is 10.0. The quantitative estimate of drug-likeness (QED) is 0.738. The molecule has 0 aliphatic heterocycles. The van der Waals surface area contributed by atoms with Gasteiger partial charge in [-0.2, -0.15) is 5.26 Å². The highest BCUT2D eigenvalue weighted by molar-refractivity contribution is 5.84. The van der Waals surface area contributed by atoms with Crippen molar-refractivity contribution in [1.82, 2.24) is 0 Å². The smallest absolute Gasteiger partial charge is 0.120 e. The maximum atomic E-state index is 9.59. The predicted octanol–water partition coefficient (Wildman–Crippen LogP) is 2.61. The molecule has 14 heavy (non-hydrogen) atoms. The number of nitrogens with zero attached hydrogens (tertiary/aromatic N) is 1. The molecule has 1 N–H and O–H groups in total. The SMILES string of the molecule is N#CCc1cc2ccccc2cc1O. The number of aromatic hydroxyl groups is 1. The molecule has 2 aromatic carbocycles. The van der Waals surface area contributed by atoms with Gasteiger partial charge in [-0.1, -0.05) is 24.3 Å². The first-order valence-electron chi connectivity index (χ1n) is 4.39. The largest absolute Gasteiger partial charge is 0.508 e. The Morgan fingerprint density at radius 2 is 1.79 bits per heavy atom. The maximum absolute atomic E-state index is 9.59. The Bertz CT molecular complexity index is 511. The molecule has 0 aliphatic rings. The van der Waals surface area contributed by atoms with Crippen LogP contribution in [-0.2, 0) is 6.42 Å². The zero-order valence-corrected chi connectivity index (χ0v) is 7.57. The first-order chi connectivity index (χ1) is 6.81. The van der Waals surface area contributed by atoms with Gasteiger partial charge in [0.2, 0.25) is 0 Å². The zero-order valence-electron chi connectivity index (χ0n) is 7.57. The summed E-state index contributed by atoms with van der Waals surface area (Å²) < 4.78 is 0. The number of fused-ring (bicyclic) bond motifs is 1.